The molecule has 0 atom stereocenters. The second-order valence-corrected chi connectivity index (χ2v) is 8.06. The van der Waals surface area contributed by atoms with E-state index in [-0.39, 0.29) is 29.4 Å². The molecule has 1 aliphatic carbocycles. The molecule has 9 heteroatoms. The SMILES string of the molecule is Cc1c(N2COCC2(C)C)c([N+](=O)[O-])cc2c(=O)c(C(=O)O)cn(C3CC3)c12. The molecule has 0 bridgehead atoms. The van der Waals surface area contributed by atoms with Crippen LogP contribution in [0.1, 0.15) is 48.7 Å². The van der Waals surface area contributed by atoms with Crippen LogP contribution in [0.4, 0.5) is 11.4 Å². The Labute approximate surface area is 160 Å². The molecule has 0 radical (unpaired) electrons. The number of benzene rings is 1. The molecule has 4 rings (SSSR count). The maximum Gasteiger partial charge on any atom is 0.341 e. The maximum atomic E-state index is 12.8. The number of fused-ring (bicyclic) bond motifs is 1. The smallest absolute Gasteiger partial charge is 0.341 e. The molecular formula is C19H21N3O6. The van der Waals surface area contributed by atoms with Crippen molar-refractivity contribution in [1.29, 1.82) is 0 Å². The van der Waals surface area contributed by atoms with Gasteiger partial charge in [0.05, 0.1) is 28.0 Å². The van der Waals surface area contributed by atoms with Gasteiger partial charge in [0.2, 0.25) is 5.43 Å². The van der Waals surface area contributed by atoms with E-state index in [9.17, 15) is 24.8 Å². The molecule has 1 aromatic heterocycles. The second-order valence-electron chi connectivity index (χ2n) is 8.06. The number of ether oxygens (including phenoxy) is 1. The van der Waals surface area contributed by atoms with E-state index in [1.54, 1.807) is 11.5 Å². The van der Waals surface area contributed by atoms with Crippen molar-refractivity contribution in [3.8, 4) is 0 Å². The van der Waals surface area contributed by atoms with Gasteiger partial charge in [-0.05, 0) is 33.6 Å². The number of nitrogens with zero attached hydrogens (tertiary/aromatic N) is 3. The summed E-state index contributed by atoms with van der Waals surface area (Å²) in [6.45, 7) is 6.26. The molecule has 1 aliphatic heterocycles. The molecule has 2 fully saturated rings. The lowest BCUT2D eigenvalue weighted by Gasteiger charge is -2.32. The van der Waals surface area contributed by atoms with Gasteiger partial charge in [-0.3, -0.25) is 14.9 Å². The fraction of sp³-hybridized carbons (Fsp3) is 0.474. The Morgan fingerprint density at radius 1 is 1.39 bits per heavy atom. The quantitative estimate of drug-likeness (QED) is 0.633. The molecule has 0 spiro atoms. The van der Waals surface area contributed by atoms with Crippen LogP contribution in [0.5, 0.6) is 0 Å². The predicted octanol–water partition coefficient (Wildman–Crippen LogP) is 2.82. The van der Waals surface area contributed by atoms with Crippen LogP contribution < -0.4 is 10.3 Å². The molecule has 2 aromatic rings. The van der Waals surface area contributed by atoms with E-state index in [4.69, 9.17) is 4.74 Å². The second kappa shape index (κ2) is 6.03. The Balaban J connectivity index is 2.13. The molecule has 2 aliphatic rings. The first-order chi connectivity index (χ1) is 13.1. The number of aromatic carboxylic acids is 1. The summed E-state index contributed by atoms with van der Waals surface area (Å²) in [6.07, 6.45) is 3.13. The number of hydrogen-bond donors (Lipinski definition) is 1. The lowest BCUT2D eigenvalue weighted by Crippen LogP contribution is -2.41. The van der Waals surface area contributed by atoms with E-state index in [2.05, 4.69) is 0 Å². The van der Waals surface area contributed by atoms with E-state index in [1.807, 2.05) is 18.7 Å². The minimum Gasteiger partial charge on any atom is -0.477 e. The Hall–Kier alpha value is -2.94. The fourth-order valence-electron chi connectivity index (χ4n) is 3.97. The van der Waals surface area contributed by atoms with Gasteiger partial charge in [-0.1, -0.05) is 0 Å². The minimum atomic E-state index is -1.33. The monoisotopic (exact) mass is 387 g/mol. The van der Waals surface area contributed by atoms with Gasteiger partial charge in [-0.15, -0.1) is 0 Å². The number of hydrogen-bond acceptors (Lipinski definition) is 6. The molecule has 28 heavy (non-hydrogen) atoms. The number of carboxylic acid groups (broad SMARTS) is 1. The highest BCUT2D eigenvalue weighted by molar-refractivity contribution is 5.97. The number of carboxylic acids is 1. The summed E-state index contributed by atoms with van der Waals surface area (Å²) in [5.74, 6) is -1.33. The number of aromatic nitrogens is 1. The van der Waals surface area contributed by atoms with Gasteiger partial charge in [0.15, 0.2) is 0 Å². The molecule has 1 aromatic carbocycles. The predicted molar refractivity (Wildman–Crippen MR) is 102 cm³/mol. The lowest BCUT2D eigenvalue weighted by atomic mass is 9.99. The molecule has 1 saturated heterocycles. The molecular weight excluding hydrogens is 366 g/mol. The normalized spacial score (nSPS) is 18.6. The van der Waals surface area contributed by atoms with Crippen molar-refractivity contribution in [3.05, 3.63) is 43.7 Å². The third-order valence-corrected chi connectivity index (χ3v) is 5.55. The largest absolute Gasteiger partial charge is 0.477 e. The Bertz CT molecular complexity index is 1080. The van der Waals surface area contributed by atoms with Crippen molar-refractivity contribution in [1.82, 2.24) is 4.57 Å². The van der Waals surface area contributed by atoms with Crippen molar-refractivity contribution in [2.24, 2.45) is 0 Å². The van der Waals surface area contributed by atoms with Crippen molar-refractivity contribution in [3.63, 3.8) is 0 Å². The first-order valence-electron chi connectivity index (χ1n) is 9.09. The highest BCUT2D eigenvalue weighted by Gasteiger charge is 2.39. The summed E-state index contributed by atoms with van der Waals surface area (Å²) in [4.78, 5) is 37.5. The molecule has 9 nitrogen and oxygen atoms in total. The summed E-state index contributed by atoms with van der Waals surface area (Å²) in [7, 11) is 0. The molecule has 0 unspecified atom stereocenters. The summed E-state index contributed by atoms with van der Waals surface area (Å²) < 4.78 is 7.35. The molecule has 1 N–H and O–H groups in total. The third-order valence-electron chi connectivity index (χ3n) is 5.55. The van der Waals surface area contributed by atoms with Crippen LogP contribution in [0.25, 0.3) is 10.9 Å². The van der Waals surface area contributed by atoms with E-state index in [0.29, 0.717) is 23.4 Å². The number of rotatable bonds is 4. The molecule has 1 saturated carbocycles. The Morgan fingerprint density at radius 3 is 2.57 bits per heavy atom. The minimum absolute atomic E-state index is 0.0673. The maximum absolute atomic E-state index is 12.8. The van der Waals surface area contributed by atoms with Gasteiger partial charge in [0.1, 0.15) is 18.0 Å². The van der Waals surface area contributed by atoms with Gasteiger partial charge in [0.25, 0.3) is 5.69 Å². The first-order valence-corrected chi connectivity index (χ1v) is 9.09. The number of anilines is 1. The van der Waals surface area contributed by atoms with Crippen molar-refractivity contribution < 1.29 is 19.6 Å². The van der Waals surface area contributed by atoms with Crippen molar-refractivity contribution in [2.75, 3.05) is 18.2 Å². The summed E-state index contributed by atoms with van der Waals surface area (Å²) >= 11 is 0. The van der Waals surface area contributed by atoms with Crippen molar-refractivity contribution in [2.45, 2.75) is 45.2 Å². The zero-order valence-corrected chi connectivity index (χ0v) is 15.9. The van der Waals surface area contributed by atoms with Crippen LogP contribution in [-0.2, 0) is 4.74 Å². The van der Waals surface area contributed by atoms with Crippen LogP contribution in [0.2, 0.25) is 0 Å². The molecule has 2 heterocycles. The zero-order chi connectivity index (χ0) is 20.4. The van der Waals surface area contributed by atoms with E-state index in [1.165, 1.54) is 12.3 Å². The van der Waals surface area contributed by atoms with E-state index < -0.39 is 21.9 Å². The van der Waals surface area contributed by atoms with Gasteiger partial charge in [0, 0.05) is 23.9 Å². The van der Waals surface area contributed by atoms with Crippen LogP contribution in [0, 0.1) is 17.0 Å². The van der Waals surface area contributed by atoms with Crippen molar-refractivity contribution >= 4 is 28.2 Å². The van der Waals surface area contributed by atoms with Gasteiger partial charge in [-0.2, -0.15) is 0 Å². The Kier molecular flexibility index (Phi) is 3.97. The topological polar surface area (TPSA) is 115 Å². The average molecular weight is 387 g/mol. The van der Waals surface area contributed by atoms with Gasteiger partial charge >= 0.3 is 5.97 Å². The zero-order valence-electron chi connectivity index (χ0n) is 15.9. The lowest BCUT2D eigenvalue weighted by molar-refractivity contribution is -0.384. The first kappa shape index (κ1) is 18.4. The summed E-state index contributed by atoms with van der Waals surface area (Å²) in [5.41, 5.74) is -0.179. The Morgan fingerprint density at radius 2 is 2.07 bits per heavy atom. The van der Waals surface area contributed by atoms with E-state index >= 15 is 0 Å². The van der Waals surface area contributed by atoms with E-state index in [0.717, 1.165) is 12.8 Å². The number of carbonyl (C=O) groups is 1. The number of nitro benzene ring substituents is 1. The highest BCUT2D eigenvalue weighted by Crippen LogP contribution is 2.44. The van der Waals surface area contributed by atoms with Crippen LogP contribution in [0.3, 0.4) is 0 Å². The number of aryl methyl sites for hydroxylation is 1. The standard InChI is InChI=1S/C19H21N3O6/c1-10-15-12(17(23)13(18(24)25)7-20(15)11-4-5-11)6-14(22(26)27)16(10)21-9-28-8-19(21,2)3/h6-7,11H,4-5,8-9H2,1-3H3,(H,24,25). The number of pyridine rings is 1. The molecule has 148 valence electrons. The van der Waals surface area contributed by atoms with Crippen LogP contribution in [0.15, 0.2) is 17.1 Å². The van der Waals surface area contributed by atoms with Gasteiger partial charge < -0.3 is 19.3 Å². The van der Waals surface area contributed by atoms with Gasteiger partial charge in [-0.25, -0.2) is 4.79 Å². The van der Waals surface area contributed by atoms with Crippen LogP contribution >= 0.6 is 0 Å². The highest BCUT2D eigenvalue weighted by atomic mass is 16.6. The van der Waals surface area contributed by atoms with Crippen LogP contribution in [-0.4, -0.2) is 39.4 Å². The fourth-order valence-corrected chi connectivity index (χ4v) is 3.97. The number of nitro groups is 1. The average Bonchev–Trinajstić information content (AvgIpc) is 3.38. The third kappa shape index (κ3) is 2.65. The molecule has 0 amide bonds. The summed E-state index contributed by atoms with van der Waals surface area (Å²) in [6, 6.07) is 1.32. The summed E-state index contributed by atoms with van der Waals surface area (Å²) in [5, 5.41) is 21.4.